The monoisotopic (exact) mass is 312 g/mol. The Labute approximate surface area is 123 Å². The van der Waals surface area contributed by atoms with Gasteiger partial charge >= 0.3 is 0 Å². The molecule has 3 heteroatoms. The van der Waals surface area contributed by atoms with Crippen LogP contribution >= 0.6 is 23.8 Å². The Balaban J connectivity index is 1.81. The first-order chi connectivity index (χ1) is 9.45. The molecule has 1 aromatic rings. The molecular formula is C16H27P3. The van der Waals surface area contributed by atoms with Crippen LogP contribution in [0.1, 0.15) is 50.5 Å². The van der Waals surface area contributed by atoms with Crippen LogP contribution in [0.25, 0.3) is 0 Å². The quantitative estimate of drug-likeness (QED) is 0.540. The molecule has 0 N–H and O–H groups in total. The van der Waals surface area contributed by atoms with Crippen molar-refractivity contribution in [3.05, 3.63) is 35.9 Å². The summed E-state index contributed by atoms with van der Waals surface area (Å²) in [7, 11) is 2.85. The van der Waals surface area contributed by atoms with Gasteiger partial charge in [-0.15, -0.1) is 0 Å². The summed E-state index contributed by atoms with van der Waals surface area (Å²) in [5.41, 5.74) is 1.58. The topological polar surface area (TPSA) is 0 Å². The van der Waals surface area contributed by atoms with Gasteiger partial charge in [0.25, 0.3) is 0 Å². The molecule has 1 saturated heterocycles. The lowest BCUT2D eigenvalue weighted by Crippen LogP contribution is -1.89. The van der Waals surface area contributed by atoms with Crippen molar-refractivity contribution in [1.82, 2.24) is 0 Å². The van der Waals surface area contributed by atoms with E-state index in [4.69, 9.17) is 0 Å². The van der Waals surface area contributed by atoms with E-state index in [2.05, 4.69) is 30.3 Å². The first-order valence-electron chi connectivity index (χ1n) is 7.72. The lowest BCUT2D eigenvalue weighted by atomic mass is 10.1. The zero-order valence-electron chi connectivity index (χ0n) is 11.9. The van der Waals surface area contributed by atoms with E-state index in [1.807, 2.05) is 0 Å². The lowest BCUT2D eigenvalue weighted by molar-refractivity contribution is 0.604. The predicted molar refractivity (Wildman–Crippen MR) is 95.7 cm³/mol. The largest absolute Gasteiger partial charge is 0.0947 e. The highest BCUT2D eigenvalue weighted by Crippen LogP contribution is 2.67. The van der Waals surface area contributed by atoms with Gasteiger partial charge in [-0.1, -0.05) is 86.3 Å². The summed E-state index contributed by atoms with van der Waals surface area (Å²) >= 11 is 0. The van der Waals surface area contributed by atoms with Crippen LogP contribution in [-0.2, 0) is 6.16 Å². The summed E-state index contributed by atoms with van der Waals surface area (Å²) in [5, 5.41) is 0. The molecule has 19 heavy (non-hydrogen) atoms. The SMILES string of the molecule is c1ccc(CP2CCCCCCCCCPP2)cc1. The molecule has 2 rings (SSSR count). The number of benzene rings is 1. The van der Waals surface area contributed by atoms with E-state index in [0.29, 0.717) is 7.61 Å². The zero-order chi connectivity index (χ0) is 13.2. The van der Waals surface area contributed by atoms with E-state index in [1.165, 1.54) is 79.7 Å². The van der Waals surface area contributed by atoms with Crippen molar-refractivity contribution in [1.29, 1.82) is 0 Å². The van der Waals surface area contributed by atoms with Gasteiger partial charge in [0.15, 0.2) is 0 Å². The average molecular weight is 312 g/mol. The third-order valence-corrected chi connectivity index (χ3v) is 14.0. The minimum atomic E-state index is 0.299. The fraction of sp³-hybridized carbons (Fsp3) is 0.625. The standard InChI is InChI=1S/C16H27P3/c1-2-4-9-13-17-18-19(14-10-5-3-1)15-16-11-7-6-8-12-16/h6-8,11-12,17-18H,1-5,9-10,13-15H2. The number of hydrogen-bond acceptors (Lipinski definition) is 0. The molecule has 3 unspecified atom stereocenters. The van der Waals surface area contributed by atoms with Crippen molar-refractivity contribution >= 4 is 23.8 Å². The third-order valence-electron chi connectivity index (χ3n) is 3.68. The molecule has 0 amide bonds. The van der Waals surface area contributed by atoms with Crippen LogP contribution < -0.4 is 0 Å². The minimum absolute atomic E-state index is 0.299. The van der Waals surface area contributed by atoms with Gasteiger partial charge in [0, 0.05) is 0 Å². The van der Waals surface area contributed by atoms with Crippen LogP contribution in [-0.4, -0.2) is 12.3 Å². The molecule has 0 spiro atoms. The Kier molecular flexibility index (Phi) is 8.59. The van der Waals surface area contributed by atoms with E-state index < -0.39 is 0 Å². The normalized spacial score (nSPS) is 25.8. The van der Waals surface area contributed by atoms with Crippen LogP contribution in [0, 0.1) is 0 Å². The summed E-state index contributed by atoms with van der Waals surface area (Å²) in [4.78, 5) is 0. The van der Waals surface area contributed by atoms with E-state index in [-0.39, 0.29) is 0 Å². The second-order valence-corrected chi connectivity index (χ2v) is 14.0. The number of hydrogen-bond donors (Lipinski definition) is 0. The minimum Gasteiger partial charge on any atom is -0.0947 e. The van der Waals surface area contributed by atoms with Crippen LogP contribution in [0.5, 0.6) is 0 Å². The van der Waals surface area contributed by atoms with Gasteiger partial charge in [0.2, 0.25) is 0 Å². The van der Waals surface area contributed by atoms with Crippen molar-refractivity contribution in [2.24, 2.45) is 0 Å². The highest BCUT2D eigenvalue weighted by atomic mass is 32.4. The molecule has 1 aromatic carbocycles. The van der Waals surface area contributed by atoms with Crippen molar-refractivity contribution in [2.75, 3.05) is 12.3 Å². The van der Waals surface area contributed by atoms with E-state index in [1.54, 1.807) is 5.56 Å². The van der Waals surface area contributed by atoms with Crippen molar-refractivity contribution < 1.29 is 0 Å². The Morgan fingerprint density at radius 1 is 0.842 bits per heavy atom. The van der Waals surface area contributed by atoms with Gasteiger partial charge in [-0.3, -0.25) is 0 Å². The van der Waals surface area contributed by atoms with Crippen LogP contribution in [0.2, 0.25) is 0 Å². The van der Waals surface area contributed by atoms with Crippen molar-refractivity contribution in [3.8, 4) is 0 Å². The smallest absolute Gasteiger partial charge is 0.00336 e. The van der Waals surface area contributed by atoms with Crippen LogP contribution in [0.4, 0.5) is 0 Å². The summed E-state index contributed by atoms with van der Waals surface area (Å²) in [6, 6.07) is 11.2. The van der Waals surface area contributed by atoms with Gasteiger partial charge in [-0.25, -0.2) is 0 Å². The molecule has 0 radical (unpaired) electrons. The molecule has 0 nitrogen and oxygen atoms in total. The second kappa shape index (κ2) is 10.3. The fourth-order valence-corrected chi connectivity index (χ4v) is 12.8. The molecule has 1 fully saturated rings. The molecular weight excluding hydrogens is 285 g/mol. The first-order valence-corrected chi connectivity index (χ1v) is 13.5. The molecule has 106 valence electrons. The van der Waals surface area contributed by atoms with Crippen molar-refractivity contribution in [2.45, 2.75) is 51.1 Å². The van der Waals surface area contributed by atoms with Gasteiger partial charge in [0.1, 0.15) is 0 Å². The molecule has 1 aliphatic rings. The lowest BCUT2D eigenvalue weighted by Gasteiger charge is -2.18. The highest BCUT2D eigenvalue weighted by molar-refractivity contribution is 8.48. The maximum atomic E-state index is 2.33. The zero-order valence-corrected chi connectivity index (χ0v) is 14.8. The van der Waals surface area contributed by atoms with Crippen LogP contribution in [0.3, 0.4) is 0 Å². The molecule has 0 bridgehead atoms. The van der Waals surface area contributed by atoms with Crippen LogP contribution in [0.15, 0.2) is 30.3 Å². The molecule has 1 heterocycles. The maximum Gasteiger partial charge on any atom is -0.00336 e. The summed E-state index contributed by atoms with van der Waals surface area (Å²) in [6.45, 7) is 0. The summed E-state index contributed by atoms with van der Waals surface area (Å²) < 4.78 is 0. The maximum absolute atomic E-state index is 2.33. The molecule has 0 saturated carbocycles. The first kappa shape index (κ1) is 15.9. The predicted octanol–water partition coefficient (Wildman–Crippen LogP) is 6.60. The average Bonchev–Trinajstić information content (AvgIpc) is 2.43. The van der Waals surface area contributed by atoms with E-state index in [9.17, 15) is 0 Å². The Bertz CT molecular complexity index is 314. The van der Waals surface area contributed by atoms with Gasteiger partial charge in [-0.05, 0) is 36.9 Å². The third kappa shape index (κ3) is 7.18. The van der Waals surface area contributed by atoms with Gasteiger partial charge in [-0.2, -0.15) is 0 Å². The Morgan fingerprint density at radius 3 is 2.32 bits per heavy atom. The summed E-state index contributed by atoms with van der Waals surface area (Å²) in [5.74, 6) is 0. The number of rotatable bonds is 2. The van der Waals surface area contributed by atoms with E-state index in [0.717, 1.165) is 0 Å². The second-order valence-electron chi connectivity index (χ2n) is 5.42. The fourth-order valence-electron chi connectivity index (χ4n) is 2.55. The Hall–Kier alpha value is 0.510. The molecule has 0 aliphatic carbocycles. The van der Waals surface area contributed by atoms with Crippen molar-refractivity contribution in [3.63, 3.8) is 0 Å². The molecule has 0 aromatic heterocycles. The molecule has 1 aliphatic heterocycles. The van der Waals surface area contributed by atoms with E-state index >= 15 is 0 Å². The highest BCUT2D eigenvalue weighted by Gasteiger charge is 2.09. The summed E-state index contributed by atoms with van der Waals surface area (Å²) in [6.07, 6.45) is 14.9. The van der Waals surface area contributed by atoms with Gasteiger partial charge in [0.05, 0.1) is 0 Å². The van der Waals surface area contributed by atoms with Gasteiger partial charge < -0.3 is 0 Å². The Morgan fingerprint density at radius 2 is 1.53 bits per heavy atom. The molecule has 3 atom stereocenters.